The summed E-state index contributed by atoms with van der Waals surface area (Å²) in [7, 11) is 0. The molecule has 0 aromatic heterocycles. The van der Waals surface area contributed by atoms with Crippen molar-refractivity contribution in [1.29, 1.82) is 0 Å². The number of hydrogen-bond acceptors (Lipinski definition) is 1. The van der Waals surface area contributed by atoms with Crippen LogP contribution < -0.4 is 0 Å². The summed E-state index contributed by atoms with van der Waals surface area (Å²) in [5.41, 5.74) is 0.957. The molecule has 1 aromatic rings. The third-order valence-corrected chi connectivity index (χ3v) is 1.64. The van der Waals surface area contributed by atoms with Crippen LogP contribution >= 0.6 is 0 Å². The van der Waals surface area contributed by atoms with Crippen LogP contribution in [0.25, 0.3) is 0 Å². The molecular weight excluding hydrogens is 172 g/mol. The smallest absolute Gasteiger partial charge is 0.0566 e. The third kappa shape index (κ3) is 3.81. The van der Waals surface area contributed by atoms with Gasteiger partial charge in [-0.05, 0) is 30.9 Å². The summed E-state index contributed by atoms with van der Waals surface area (Å²) in [6.45, 7) is 1.94. The fourth-order valence-corrected chi connectivity index (χ4v) is 0.830. The quantitative estimate of drug-likeness (QED) is 0.658. The minimum absolute atomic E-state index is 0.0000679. The van der Waals surface area contributed by atoms with Gasteiger partial charge in [-0.2, -0.15) is 0 Å². The van der Waals surface area contributed by atoms with Gasteiger partial charge >= 0.3 is 0 Å². The van der Waals surface area contributed by atoms with Crippen LogP contribution in [-0.2, 0) is 0 Å². The van der Waals surface area contributed by atoms with Crippen molar-refractivity contribution in [2.75, 3.05) is 6.61 Å². The van der Waals surface area contributed by atoms with E-state index in [1.165, 1.54) is 0 Å². The van der Waals surface area contributed by atoms with E-state index in [0.717, 1.165) is 5.56 Å². The molecule has 0 aliphatic heterocycles. The maximum absolute atomic E-state index is 8.70. The van der Waals surface area contributed by atoms with Gasteiger partial charge in [-0.25, -0.2) is 0 Å². The van der Waals surface area contributed by atoms with Crippen molar-refractivity contribution in [3.05, 3.63) is 35.9 Å². The van der Waals surface area contributed by atoms with Gasteiger partial charge in [0.1, 0.15) is 0 Å². The van der Waals surface area contributed by atoms with E-state index in [2.05, 4.69) is 23.7 Å². The van der Waals surface area contributed by atoms with Gasteiger partial charge in [0.2, 0.25) is 0 Å². The molecule has 0 spiro atoms. The van der Waals surface area contributed by atoms with E-state index in [-0.39, 0.29) is 12.5 Å². The lowest BCUT2D eigenvalue weighted by Crippen LogP contribution is -1.94. The van der Waals surface area contributed by atoms with Crippen molar-refractivity contribution < 1.29 is 5.11 Å². The first-order valence-corrected chi connectivity index (χ1v) is 4.50. The molecule has 14 heavy (non-hydrogen) atoms. The Bertz CT molecular complexity index is 384. The number of rotatable bonds is 1. The molecule has 0 amide bonds. The van der Waals surface area contributed by atoms with E-state index in [0.29, 0.717) is 0 Å². The van der Waals surface area contributed by atoms with Gasteiger partial charge in [0.15, 0.2) is 0 Å². The monoisotopic (exact) mass is 184 g/mol. The lowest BCUT2D eigenvalue weighted by molar-refractivity contribution is 0.266. The Morgan fingerprint density at radius 1 is 1.21 bits per heavy atom. The van der Waals surface area contributed by atoms with Crippen LogP contribution in [0.5, 0.6) is 0 Å². The molecule has 1 N–H and O–H groups in total. The Kier molecular flexibility index (Phi) is 4.35. The summed E-state index contributed by atoms with van der Waals surface area (Å²) in [6, 6.07) is 9.70. The molecule has 0 bridgehead atoms. The molecule has 0 fully saturated rings. The van der Waals surface area contributed by atoms with Crippen molar-refractivity contribution in [2.45, 2.75) is 6.92 Å². The highest BCUT2D eigenvalue weighted by atomic mass is 16.3. The van der Waals surface area contributed by atoms with Gasteiger partial charge in [0.25, 0.3) is 0 Å². The fourth-order valence-electron chi connectivity index (χ4n) is 0.830. The van der Waals surface area contributed by atoms with E-state index in [1.54, 1.807) is 0 Å². The van der Waals surface area contributed by atoms with Crippen LogP contribution in [0.4, 0.5) is 0 Å². The van der Waals surface area contributed by atoms with Crippen molar-refractivity contribution in [1.82, 2.24) is 0 Å². The van der Waals surface area contributed by atoms with Crippen molar-refractivity contribution >= 4 is 0 Å². The van der Waals surface area contributed by atoms with E-state index < -0.39 is 0 Å². The van der Waals surface area contributed by atoms with E-state index in [9.17, 15) is 0 Å². The molecule has 0 radical (unpaired) electrons. The van der Waals surface area contributed by atoms with Crippen LogP contribution in [0, 0.1) is 29.6 Å². The highest BCUT2D eigenvalue weighted by molar-refractivity contribution is 5.39. The zero-order valence-electron chi connectivity index (χ0n) is 8.12. The Balaban J connectivity index is 2.60. The van der Waals surface area contributed by atoms with Crippen LogP contribution in [0.3, 0.4) is 0 Å². The molecule has 1 heteroatoms. The van der Waals surface area contributed by atoms with Gasteiger partial charge in [-0.15, -0.1) is 0 Å². The van der Waals surface area contributed by atoms with Crippen LogP contribution in [0.2, 0.25) is 0 Å². The van der Waals surface area contributed by atoms with Crippen LogP contribution in [0.1, 0.15) is 12.5 Å². The summed E-state index contributed by atoms with van der Waals surface area (Å²) in [6.07, 6.45) is 0. The van der Waals surface area contributed by atoms with Crippen LogP contribution in [-0.4, -0.2) is 11.7 Å². The largest absolute Gasteiger partial charge is 0.395 e. The van der Waals surface area contributed by atoms with E-state index in [1.807, 2.05) is 37.3 Å². The summed E-state index contributed by atoms with van der Waals surface area (Å²) in [4.78, 5) is 0. The SMILES string of the molecule is C[C@H](C#CC#Cc1ccccc1)CO. The zero-order valence-corrected chi connectivity index (χ0v) is 8.12. The number of hydrogen-bond donors (Lipinski definition) is 1. The predicted octanol–water partition coefficient (Wildman–Crippen LogP) is 1.67. The number of aliphatic hydroxyl groups is 1. The fraction of sp³-hybridized carbons (Fsp3) is 0.231. The first-order valence-electron chi connectivity index (χ1n) is 4.50. The van der Waals surface area contributed by atoms with Crippen molar-refractivity contribution in [3.63, 3.8) is 0 Å². The maximum Gasteiger partial charge on any atom is 0.0566 e. The molecule has 0 heterocycles. The number of benzene rings is 1. The van der Waals surface area contributed by atoms with Gasteiger partial charge in [-0.3, -0.25) is 0 Å². The molecule has 1 rings (SSSR count). The van der Waals surface area contributed by atoms with Gasteiger partial charge in [0.05, 0.1) is 6.61 Å². The Hall–Kier alpha value is -1.70. The molecule has 1 nitrogen and oxygen atoms in total. The van der Waals surface area contributed by atoms with E-state index in [4.69, 9.17) is 5.11 Å². The van der Waals surface area contributed by atoms with Gasteiger partial charge < -0.3 is 5.11 Å². The van der Waals surface area contributed by atoms with Crippen molar-refractivity contribution in [3.8, 4) is 23.7 Å². The molecular formula is C13H12O. The summed E-state index contributed by atoms with van der Waals surface area (Å²) < 4.78 is 0. The summed E-state index contributed by atoms with van der Waals surface area (Å²) in [5, 5.41) is 8.70. The zero-order chi connectivity index (χ0) is 10.2. The first-order chi connectivity index (χ1) is 6.83. The average molecular weight is 184 g/mol. The van der Waals surface area contributed by atoms with Crippen molar-refractivity contribution in [2.24, 2.45) is 5.92 Å². The minimum Gasteiger partial charge on any atom is -0.395 e. The van der Waals surface area contributed by atoms with Crippen LogP contribution in [0.15, 0.2) is 30.3 Å². The lowest BCUT2D eigenvalue weighted by Gasteiger charge is -1.91. The Morgan fingerprint density at radius 2 is 1.93 bits per heavy atom. The second-order valence-corrected chi connectivity index (χ2v) is 2.97. The molecule has 70 valence electrons. The average Bonchev–Trinajstić information content (AvgIpc) is 2.25. The van der Waals surface area contributed by atoms with E-state index >= 15 is 0 Å². The third-order valence-electron chi connectivity index (χ3n) is 1.64. The van der Waals surface area contributed by atoms with Gasteiger partial charge in [0, 0.05) is 11.5 Å². The number of aliphatic hydroxyl groups excluding tert-OH is 1. The topological polar surface area (TPSA) is 20.2 Å². The molecule has 0 saturated heterocycles. The molecule has 0 saturated carbocycles. The second kappa shape index (κ2) is 5.86. The highest BCUT2D eigenvalue weighted by Gasteiger charge is 1.88. The lowest BCUT2D eigenvalue weighted by atomic mass is 10.2. The highest BCUT2D eigenvalue weighted by Crippen LogP contribution is 1.94. The molecule has 1 atom stereocenters. The molecule has 1 aromatic carbocycles. The summed E-state index contributed by atoms with van der Waals surface area (Å²) in [5.74, 6) is 11.2. The summed E-state index contributed by atoms with van der Waals surface area (Å²) >= 11 is 0. The molecule has 0 aliphatic rings. The Morgan fingerprint density at radius 3 is 2.57 bits per heavy atom. The second-order valence-electron chi connectivity index (χ2n) is 2.97. The standard InChI is InChI=1S/C13H12O/c1-12(11-14)7-5-6-10-13-8-3-2-4-9-13/h2-4,8-9,12,14H,11H2,1H3/t12-/m1/s1. The molecule has 0 aliphatic carbocycles. The normalized spacial score (nSPS) is 10.4. The minimum atomic E-state index is 0.0000679. The maximum atomic E-state index is 8.70. The predicted molar refractivity (Wildman–Crippen MR) is 57.3 cm³/mol. The van der Waals surface area contributed by atoms with Gasteiger partial charge in [-0.1, -0.05) is 30.0 Å². The Labute approximate surface area is 84.8 Å². The molecule has 0 unspecified atom stereocenters. The first kappa shape index (κ1) is 10.4.